The number of piperazine rings is 1. The normalized spacial score (nSPS) is 15.5. The molecule has 0 bridgehead atoms. The van der Waals surface area contributed by atoms with E-state index in [9.17, 15) is 5.11 Å². The molecule has 0 aromatic heterocycles. The summed E-state index contributed by atoms with van der Waals surface area (Å²) in [7, 11) is 0. The summed E-state index contributed by atoms with van der Waals surface area (Å²) in [4.78, 5) is 3.86. The Balaban J connectivity index is 1.59. The van der Waals surface area contributed by atoms with Gasteiger partial charge in [0.25, 0.3) is 0 Å². The Hall–Kier alpha value is -1.91. The van der Waals surface area contributed by atoms with Crippen LogP contribution in [-0.2, 0) is 6.54 Å². The maximum Gasteiger partial charge on any atom is 0.166 e. The molecule has 2 aromatic carbocycles. The van der Waals surface area contributed by atoms with Gasteiger partial charge in [-0.2, -0.15) is 0 Å². The van der Waals surface area contributed by atoms with E-state index in [1.54, 1.807) is 0 Å². The van der Waals surface area contributed by atoms with Gasteiger partial charge in [0.15, 0.2) is 11.5 Å². The van der Waals surface area contributed by atoms with Crippen LogP contribution in [0, 0.1) is 0 Å². The monoisotopic (exact) mass is 347 g/mol. The molecule has 0 amide bonds. The van der Waals surface area contributed by atoms with E-state index >= 15 is 0 Å². The molecule has 1 saturated heterocycles. The van der Waals surface area contributed by atoms with Crippen LogP contribution in [0.2, 0.25) is 5.02 Å². The Labute approximate surface area is 148 Å². The number of phenolic OH excluding ortho intramolecular Hbond substituents is 1. The Morgan fingerprint density at radius 3 is 2.50 bits per heavy atom. The lowest BCUT2D eigenvalue weighted by molar-refractivity contribution is -0.914. The number of benzene rings is 2. The summed E-state index contributed by atoms with van der Waals surface area (Å²) < 4.78 is 5.47. The first-order valence-electron chi connectivity index (χ1n) is 8.45. The van der Waals surface area contributed by atoms with Crippen LogP contribution in [0.25, 0.3) is 0 Å². The SMILES string of the molecule is CCOc1cccc(C[NH+]2CCN(c3ccc(Cl)cc3)CC2)c1O. The molecular weight excluding hydrogens is 324 g/mol. The summed E-state index contributed by atoms with van der Waals surface area (Å²) in [6.45, 7) is 7.39. The van der Waals surface area contributed by atoms with E-state index in [0.717, 1.165) is 43.3 Å². The first-order valence-corrected chi connectivity index (χ1v) is 8.83. The van der Waals surface area contributed by atoms with E-state index < -0.39 is 0 Å². The molecular formula is C19H24ClN2O2+. The predicted molar refractivity (Wildman–Crippen MR) is 97.3 cm³/mol. The van der Waals surface area contributed by atoms with Gasteiger partial charge in [-0.25, -0.2) is 0 Å². The first-order chi connectivity index (χ1) is 11.7. The molecule has 0 aliphatic carbocycles. The van der Waals surface area contributed by atoms with Crippen LogP contribution in [-0.4, -0.2) is 37.9 Å². The number of aromatic hydroxyl groups is 1. The molecule has 5 heteroatoms. The van der Waals surface area contributed by atoms with Crippen LogP contribution in [0.4, 0.5) is 5.69 Å². The zero-order valence-corrected chi connectivity index (χ0v) is 14.7. The molecule has 24 heavy (non-hydrogen) atoms. The van der Waals surface area contributed by atoms with Gasteiger partial charge in [-0.05, 0) is 43.3 Å². The van der Waals surface area contributed by atoms with Gasteiger partial charge in [0.05, 0.1) is 38.3 Å². The molecule has 0 saturated carbocycles. The van der Waals surface area contributed by atoms with Crippen LogP contribution >= 0.6 is 11.6 Å². The third-order valence-electron chi connectivity index (χ3n) is 4.49. The fourth-order valence-corrected chi connectivity index (χ4v) is 3.29. The van der Waals surface area contributed by atoms with E-state index in [1.165, 1.54) is 10.6 Å². The molecule has 1 aliphatic rings. The molecule has 2 aromatic rings. The summed E-state index contributed by atoms with van der Waals surface area (Å²) in [6, 6.07) is 13.8. The lowest BCUT2D eigenvalue weighted by atomic mass is 10.1. The fourth-order valence-electron chi connectivity index (χ4n) is 3.16. The van der Waals surface area contributed by atoms with E-state index in [4.69, 9.17) is 16.3 Å². The lowest BCUT2D eigenvalue weighted by Crippen LogP contribution is -3.13. The van der Waals surface area contributed by atoms with Crippen molar-refractivity contribution in [3.05, 3.63) is 53.1 Å². The van der Waals surface area contributed by atoms with Crippen molar-refractivity contribution < 1.29 is 14.7 Å². The number of anilines is 1. The molecule has 1 aliphatic heterocycles. The van der Waals surface area contributed by atoms with Crippen molar-refractivity contribution in [2.24, 2.45) is 0 Å². The number of quaternary nitrogens is 1. The minimum Gasteiger partial charge on any atom is -0.504 e. The van der Waals surface area contributed by atoms with Crippen LogP contribution in [0.3, 0.4) is 0 Å². The third kappa shape index (κ3) is 3.94. The highest BCUT2D eigenvalue weighted by Crippen LogP contribution is 2.29. The van der Waals surface area contributed by atoms with Crippen molar-refractivity contribution in [3.8, 4) is 11.5 Å². The number of nitrogens with zero attached hydrogens (tertiary/aromatic N) is 1. The number of nitrogens with one attached hydrogen (secondary N) is 1. The Kier molecular flexibility index (Phi) is 5.48. The van der Waals surface area contributed by atoms with Crippen molar-refractivity contribution >= 4 is 17.3 Å². The van der Waals surface area contributed by atoms with Crippen molar-refractivity contribution in [2.75, 3.05) is 37.7 Å². The van der Waals surface area contributed by atoms with E-state index in [0.29, 0.717) is 12.4 Å². The molecule has 2 N–H and O–H groups in total. The molecule has 0 spiro atoms. The van der Waals surface area contributed by atoms with Crippen molar-refractivity contribution in [1.29, 1.82) is 0 Å². The predicted octanol–water partition coefficient (Wildman–Crippen LogP) is 2.35. The zero-order chi connectivity index (χ0) is 16.9. The average molecular weight is 348 g/mol. The Morgan fingerprint density at radius 2 is 1.83 bits per heavy atom. The number of phenols is 1. The summed E-state index contributed by atoms with van der Waals surface area (Å²) in [6.07, 6.45) is 0. The van der Waals surface area contributed by atoms with E-state index in [1.807, 2.05) is 37.3 Å². The molecule has 0 unspecified atom stereocenters. The summed E-state index contributed by atoms with van der Waals surface area (Å²) in [5, 5.41) is 11.1. The maximum atomic E-state index is 10.3. The topological polar surface area (TPSA) is 37.1 Å². The largest absolute Gasteiger partial charge is 0.504 e. The molecule has 3 rings (SSSR count). The van der Waals surface area contributed by atoms with Gasteiger partial charge in [0.1, 0.15) is 6.54 Å². The quantitative estimate of drug-likeness (QED) is 0.871. The number of rotatable bonds is 5. The molecule has 1 fully saturated rings. The second-order valence-electron chi connectivity index (χ2n) is 6.09. The lowest BCUT2D eigenvalue weighted by Gasteiger charge is -2.33. The summed E-state index contributed by atoms with van der Waals surface area (Å²) in [5.74, 6) is 0.862. The summed E-state index contributed by atoms with van der Waals surface area (Å²) >= 11 is 5.96. The van der Waals surface area contributed by atoms with E-state index in [-0.39, 0.29) is 5.75 Å². The minimum atomic E-state index is 0.284. The highest BCUT2D eigenvalue weighted by atomic mass is 35.5. The molecule has 4 nitrogen and oxygen atoms in total. The van der Waals surface area contributed by atoms with Crippen molar-refractivity contribution in [2.45, 2.75) is 13.5 Å². The number of halogens is 1. The highest BCUT2D eigenvalue weighted by Gasteiger charge is 2.22. The third-order valence-corrected chi connectivity index (χ3v) is 4.74. The van der Waals surface area contributed by atoms with E-state index in [2.05, 4.69) is 17.0 Å². The van der Waals surface area contributed by atoms with Gasteiger partial charge >= 0.3 is 0 Å². The minimum absolute atomic E-state index is 0.284. The van der Waals surface area contributed by atoms with Gasteiger partial charge in [0, 0.05) is 10.7 Å². The van der Waals surface area contributed by atoms with Crippen LogP contribution in [0.1, 0.15) is 12.5 Å². The second kappa shape index (κ2) is 7.77. The number of hydrogen-bond acceptors (Lipinski definition) is 3. The van der Waals surface area contributed by atoms with Crippen LogP contribution in [0.15, 0.2) is 42.5 Å². The molecule has 128 valence electrons. The van der Waals surface area contributed by atoms with Gasteiger partial charge in [-0.1, -0.05) is 17.7 Å². The van der Waals surface area contributed by atoms with Gasteiger partial charge in [0.2, 0.25) is 0 Å². The van der Waals surface area contributed by atoms with Crippen molar-refractivity contribution in [3.63, 3.8) is 0 Å². The molecule has 1 heterocycles. The standard InChI is InChI=1S/C19H23ClN2O2/c1-2-24-18-5-3-4-15(19(18)23)14-21-10-12-22(13-11-21)17-8-6-16(20)7-9-17/h3-9,23H,2,10-14H2,1H3/p+1. The van der Waals surface area contributed by atoms with Gasteiger partial charge in [-0.15, -0.1) is 0 Å². The highest BCUT2D eigenvalue weighted by molar-refractivity contribution is 6.30. The first kappa shape index (κ1) is 16.9. The zero-order valence-electron chi connectivity index (χ0n) is 14.0. The van der Waals surface area contributed by atoms with Gasteiger partial charge < -0.3 is 19.6 Å². The molecule has 0 atom stereocenters. The van der Waals surface area contributed by atoms with Crippen LogP contribution < -0.4 is 14.5 Å². The second-order valence-corrected chi connectivity index (χ2v) is 6.52. The smallest absolute Gasteiger partial charge is 0.166 e. The Bertz CT molecular complexity index is 668. The average Bonchev–Trinajstić information content (AvgIpc) is 2.60. The van der Waals surface area contributed by atoms with Crippen molar-refractivity contribution in [1.82, 2.24) is 0 Å². The number of para-hydroxylation sites is 1. The van der Waals surface area contributed by atoms with Crippen LogP contribution in [0.5, 0.6) is 11.5 Å². The Morgan fingerprint density at radius 1 is 1.12 bits per heavy atom. The number of ether oxygens (including phenoxy) is 1. The number of hydrogen-bond donors (Lipinski definition) is 2. The molecule has 0 radical (unpaired) electrons. The fraction of sp³-hybridized carbons (Fsp3) is 0.368. The maximum absolute atomic E-state index is 10.3. The summed E-state index contributed by atoms with van der Waals surface area (Å²) in [5.41, 5.74) is 2.18. The van der Waals surface area contributed by atoms with Gasteiger partial charge in [-0.3, -0.25) is 0 Å².